The number of aromatic nitrogens is 2. The van der Waals surface area contributed by atoms with E-state index in [-0.39, 0.29) is 5.60 Å². The van der Waals surface area contributed by atoms with Gasteiger partial charge < -0.3 is 19.2 Å². The fraction of sp³-hybridized carbons (Fsp3) is 0.467. The highest BCUT2D eigenvalue weighted by Gasteiger charge is 2.18. The Morgan fingerprint density at radius 3 is 2.67 bits per heavy atom. The quantitative estimate of drug-likeness (QED) is 0.825. The van der Waals surface area contributed by atoms with Gasteiger partial charge in [-0.05, 0) is 32.9 Å². The van der Waals surface area contributed by atoms with Crippen LogP contribution in [-0.4, -0.2) is 36.1 Å². The summed E-state index contributed by atoms with van der Waals surface area (Å²) in [6.45, 7) is 7.17. The molecular weight excluding hydrogens is 270 g/mol. The molecule has 0 radical (unpaired) electrons. The summed E-state index contributed by atoms with van der Waals surface area (Å²) >= 11 is 0. The van der Waals surface area contributed by atoms with Crippen molar-refractivity contribution in [1.82, 2.24) is 10.2 Å². The molecule has 0 amide bonds. The minimum Gasteiger partial charge on any atom is -0.487 e. The summed E-state index contributed by atoms with van der Waals surface area (Å²) in [5, 5.41) is 11.0. The van der Waals surface area contributed by atoms with Crippen LogP contribution < -0.4 is 10.1 Å². The van der Waals surface area contributed by atoms with Crippen LogP contribution in [0.5, 0.6) is 5.75 Å². The standard InChI is InChI=1S/C15H21N3O3/c1-15(2,3)21-12-8-6-5-7-11(12)13-17-18-14(20-13)16-9-10-19-4/h5-8H,9-10H2,1-4H3,(H,16,18). The smallest absolute Gasteiger partial charge is 0.315 e. The summed E-state index contributed by atoms with van der Waals surface area (Å²) < 4.78 is 16.5. The molecule has 6 nitrogen and oxygen atoms in total. The number of nitrogens with zero attached hydrogens (tertiary/aromatic N) is 2. The predicted octanol–water partition coefficient (Wildman–Crippen LogP) is 2.97. The first-order valence-corrected chi connectivity index (χ1v) is 6.84. The molecule has 1 N–H and O–H groups in total. The van der Waals surface area contributed by atoms with Gasteiger partial charge in [-0.15, -0.1) is 5.10 Å². The van der Waals surface area contributed by atoms with Crippen LogP contribution in [0.3, 0.4) is 0 Å². The maximum Gasteiger partial charge on any atom is 0.315 e. The van der Waals surface area contributed by atoms with Crippen molar-refractivity contribution in [1.29, 1.82) is 0 Å². The van der Waals surface area contributed by atoms with Gasteiger partial charge in [-0.1, -0.05) is 17.2 Å². The normalized spacial score (nSPS) is 11.4. The lowest BCUT2D eigenvalue weighted by molar-refractivity contribution is 0.131. The Morgan fingerprint density at radius 1 is 1.19 bits per heavy atom. The number of nitrogens with one attached hydrogen (secondary N) is 1. The average molecular weight is 291 g/mol. The molecule has 6 heteroatoms. The molecule has 0 saturated heterocycles. The minimum atomic E-state index is -0.296. The lowest BCUT2D eigenvalue weighted by atomic mass is 10.1. The molecule has 114 valence electrons. The van der Waals surface area contributed by atoms with Gasteiger partial charge in [-0.25, -0.2) is 0 Å². The van der Waals surface area contributed by atoms with Crippen LogP contribution >= 0.6 is 0 Å². The zero-order valence-electron chi connectivity index (χ0n) is 12.8. The molecule has 21 heavy (non-hydrogen) atoms. The maximum atomic E-state index is 5.93. The first kappa shape index (κ1) is 15.3. The van der Waals surface area contributed by atoms with Gasteiger partial charge in [-0.3, -0.25) is 0 Å². The SMILES string of the molecule is COCCNc1nnc(-c2ccccc2OC(C)(C)C)o1. The van der Waals surface area contributed by atoms with E-state index in [0.717, 1.165) is 11.3 Å². The number of para-hydroxylation sites is 1. The largest absolute Gasteiger partial charge is 0.487 e. The average Bonchev–Trinajstić information content (AvgIpc) is 2.86. The first-order chi connectivity index (χ1) is 9.99. The molecule has 0 atom stereocenters. The zero-order valence-corrected chi connectivity index (χ0v) is 12.8. The summed E-state index contributed by atoms with van der Waals surface area (Å²) in [6.07, 6.45) is 0. The van der Waals surface area contributed by atoms with Crippen molar-refractivity contribution < 1.29 is 13.9 Å². The summed E-state index contributed by atoms with van der Waals surface area (Å²) in [4.78, 5) is 0. The van der Waals surface area contributed by atoms with Crippen LogP contribution in [0.1, 0.15) is 20.8 Å². The topological polar surface area (TPSA) is 69.4 Å². The van der Waals surface area contributed by atoms with Crippen LogP contribution in [0.15, 0.2) is 28.7 Å². The molecule has 0 aliphatic rings. The number of hydrogen-bond donors (Lipinski definition) is 1. The Kier molecular flexibility index (Phi) is 4.80. The summed E-state index contributed by atoms with van der Waals surface area (Å²) in [5.74, 6) is 1.15. The van der Waals surface area contributed by atoms with E-state index in [2.05, 4.69) is 15.5 Å². The minimum absolute atomic E-state index is 0.296. The second-order valence-corrected chi connectivity index (χ2v) is 5.54. The molecule has 0 bridgehead atoms. The Hall–Kier alpha value is -2.08. The van der Waals surface area contributed by atoms with E-state index >= 15 is 0 Å². The summed E-state index contributed by atoms with van der Waals surface area (Å²) in [7, 11) is 1.64. The summed E-state index contributed by atoms with van der Waals surface area (Å²) in [5.41, 5.74) is 0.482. The second-order valence-electron chi connectivity index (χ2n) is 5.54. The van der Waals surface area contributed by atoms with Gasteiger partial charge in [0.05, 0.1) is 12.2 Å². The van der Waals surface area contributed by atoms with Crippen LogP contribution in [0.25, 0.3) is 11.5 Å². The van der Waals surface area contributed by atoms with E-state index in [1.54, 1.807) is 7.11 Å². The van der Waals surface area contributed by atoms with Crippen molar-refractivity contribution >= 4 is 6.01 Å². The number of benzene rings is 1. The Labute approximate surface area is 124 Å². The molecule has 1 heterocycles. The highest BCUT2D eigenvalue weighted by molar-refractivity contribution is 5.62. The molecule has 0 fully saturated rings. The van der Waals surface area contributed by atoms with E-state index < -0.39 is 0 Å². The van der Waals surface area contributed by atoms with E-state index in [1.807, 2.05) is 45.0 Å². The van der Waals surface area contributed by atoms with Gasteiger partial charge in [0.25, 0.3) is 5.89 Å². The molecule has 0 spiro atoms. The fourth-order valence-electron chi connectivity index (χ4n) is 1.73. The number of ether oxygens (including phenoxy) is 2. The molecule has 1 aromatic heterocycles. The van der Waals surface area contributed by atoms with Crippen LogP contribution in [0.4, 0.5) is 6.01 Å². The number of rotatable bonds is 6. The third-order valence-corrected chi connectivity index (χ3v) is 2.54. The van der Waals surface area contributed by atoms with E-state index in [1.165, 1.54) is 0 Å². The van der Waals surface area contributed by atoms with E-state index in [0.29, 0.717) is 25.1 Å². The number of hydrogen-bond acceptors (Lipinski definition) is 6. The van der Waals surface area contributed by atoms with Gasteiger partial charge in [0, 0.05) is 13.7 Å². The van der Waals surface area contributed by atoms with Crippen molar-refractivity contribution in [2.24, 2.45) is 0 Å². The zero-order chi connectivity index (χ0) is 15.3. The van der Waals surface area contributed by atoms with Gasteiger partial charge in [0.2, 0.25) is 0 Å². The van der Waals surface area contributed by atoms with Gasteiger partial charge in [0.1, 0.15) is 11.4 Å². The van der Waals surface area contributed by atoms with Crippen LogP contribution in [-0.2, 0) is 4.74 Å². The molecular formula is C15H21N3O3. The molecule has 1 aromatic carbocycles. The number of anilines is 1. The third kappa shape index (κ3) is 4.46. The van der Waals surface area contributed by atoms with E-state index in [4.69, 9.17) is 13.9 Å². The lowest BCUT2D eigenvalue weighted by Crippen LogP contribution is -2.23. The Balaban J connectivity index is 2.18. The Bertz CT molecular complexity index is 576. The lowest BCUT2D eigenvalue weighted by Gasteiger charge is -2.22. The third-order valence-electron chi connectivity index (χ3n) is 2.54. The fourth-order valence-corrected chi connectivity index (χ4v) is 1.73. The molecule has 2 rings (SSSR count). The van der Waals surface area contributed by atoms with Gasteiger partial charge in [-0.2, -0.15) is 0 Å². The molecule has 0 unspecified atom stereocenters. The van der Waals surface area contributed by atoms with Crippen molar-refractivity contribution in [3.8, 4) is 17.2 Å². The summed E-state index contributed by atoms with van der Waals surface area (Å²) in [6, 6.07) is 7.98. The molecule has 0 saturated carbocycles. The second kappa shape index (κ2) is 6.58. The monoisotopic (exact) mass is 291 g/mol. The highest BCUT2D eigenvalue weighted by Crippen LogP contribution is 2.31. The van der Waals surface area contributed by atoms with Crippen LogP contribution in [0, 0.1) is 0 Å². The van der Waals surface area contributed by atoms with Gasteiger partial charge in [0.15, 0.2) is 0 Å². The predicted molar refractivity (Wildman–Crippen MR) is 80.5 cm³/mol. The Morgan fingerprint density at radius 2 is 1.95 bits per heavy atom. The van der Waals surface area contributed by atoms with Gasteiger partial charge >= 0.3 is 6.01 Å². The van der Waals surface area contributed by atoms with Crippen molar-refractivity contribution in [3.63, 3.8) is 0 Å². The maximum absolute atomic E-state index is 5.93. The molecule has 0 aliphatic heterocycles. The van der Waals surface area contributed by atoms with Crippen LogP contribution in [0.2, 0.25) is 0 Å². The molecule has 2 aromatic rings. The van der Waals surface area contributed by atoms with E-state index in [9.17, 15) is 0 Å². The van der Waals surface area contributed by atoms with Crippen molar-refractivity contribution in [2.45, 2.75) is 26.4 Å². The highest BCUT2D eigenvalue weighted by atomic mass is 16.5. The van der Waals surface area contributed by atoms with Crippen molar-refractivity contribution in [3.05, 3.63) is 24.3 Å². The first-order valence-electron chi connectivity index (χ1n) is 6.84. The van der Waals surface area contributed by atoms with Crippen molar-refractivity contribution in [2.75, 3.05) is 25.6 Å². The number of methoxy groups -OCH3 is 1. The molecule has 0 aliphatic carbocycles.